The zero-order valence-electron chi connectivity index (χ0n) is 21.7. The predicted molar refractivity (Wildman–Crippen MR) is 144 cm³/mol. The summed E-state index contributed by atoms with van der Waals surface area (Å²) in [6.07, 6.45) is 1.00. The van der Waals surface area contributed by atoms with E-state index >= 15 is 0 Å². The van der Waals surface area contributed by atoms with Crippen molar-refractivity contribution in [1.82, 2.24) is 4.90 Å². The molecule has 0 saturated carbocycles. The molecule has 5 heteroatoms. The summed E-state index contributed by atoms with van der Waals surface area (Å²) >= 11 is 0. The molecule has 0 bridgehead atoms. The van der Waals surface area contributed by atoms with Gasteiger partial charge in [0.2, 0.25) is 0 Å². The van der Waals surface area contributed by atoms with Gasteiger partial charge in [0, 0.05) is 31.1 Å². The van der Waals surface area contributed by atoms with Gasteiger partial charge < -0.3 is 19.3 Å². The number of rotatable bonds is 11. The first-order valence-corrected chi connectivity index (χ1v) is 13.0. The summed E-state index contributed by atoms with van der Waals surface area (Å²) in [5.41, 5.74) is 1.31. The van der Waals surface area contributed by atoms with E-state index in [1.165, 1.54) is 0 Å². The summed E-state index contributed by atoms with van der Waals surface area (Å²) in [7, 11) is 1.66. The zero-order chi connectivity index (χ0) is 25.4. The number of benzene rings is 3. The van der Waals surface area contributed by atoms with Crippen molar-refractivity contribution >= 4 is 0 Å². The van der Waals surface area contributed by atoms with E-state index < -0.39 is 5.60 Å². The van der Waals surface area contributed by atoms with Crippen LogP contribution in [0.15, 0.2) is 78.9 Å². The molecule has 5 nitrogen and oxygen atoms in total. The zero-order valence-corrected chi connectivity index (χ0v) is 21.7. The molecule has 2 atom stereocenters. The van der Waals surface area contributed by atoms with Crippen molar-refractivity contribution in [3.8, 4) is 11.5 Å². The summed E-state index contributed by atoms with van der Waals surface area (Å²) < 4.78 is 17.3. The third kappa shape index (κ3) is 6.09. The van der Waals surface area contributed by atoms with E-state index in [1.807, 2.05) is 66.7 Å². The Morgan fingerprint density at radius 3 is 2.25 bits per heavy atom. The average Bonchev–Trinajstić information content (AvgIpc) is 2.92. The van der Waals surface area contributed by atoms with Crippen molar-refractivity contribution in [2.75, 3.05) is 46.6 Å². The molecule has 1 heterocycles. The maximum Gasteiger partial charge on any atom is 0.126 e. The molecule has 0 spiro atoms. The maximum absolute atomic E-state index is 12.9. The number of ether oxygens (including phenoxy) is 3. The lowest BCUT2D eigenvalue weighted by atomic mass is 9.72. The lowest BCUT2D eigenvalue weighted by Crippen LogP contribution is -2.45. The number of nitrogens with zero attached hydrogens (tertiary/aromatic N) is 1. The van der Waals surface area contributed by atoms with Gasteiger partial charge in [0.05, 0.1) is 26.9 Å². The van der Waals surface area contributed by atoms with E-state index in [-0.39, 0.29) is 5.92 Å². The van der Waals surface area contributed by atoms with E-state index in [9.17, 15) is 5.11 Å². The van der Waals surface area contributed by atoms with Crippen LogP contribution < -0.4 is 9.47 Å². The monoisotopic (exact) mass is 489 g/mol. The van der Waals surface area contributed by atoms with Crippen LogP contribution in [0.5, 0.6) is 11.5 Å². The Labute approximate surface area is 215 Å². The number of morpholine rings is 1. The second-order valence-electron chi connectivity index (χ2n) is 9.90. The van der Waals surface area contributed by atoms with Crippen LogP contribution in [0, 0.1) is 5.92 Å². The standard InChI is InChI=1S/C31H39NO4/c1-24(2)17-20-36-27-15-13-26(14-16-27)31(33,28-11-7-8-12-30(28)34-3)29(25-9-5-4-6-10-25)23-32-18-21-35-22-19-32/h4-16,24,29,33H,17-23H2,1-3H3/t29-,31+/m1/s1. The number of aliphatic hydroxyl groups is 1. The van der Waals surface area contributed by atoms with Gasteiger partial charge in [-0.3, -0.25) is 4.90 Å². The molecule has 1 fully saturated rings. The van der Waals surface area contributed by atoms with Gasteiger partial charge >= 0.3 is 0 Å². The van der Waals surface area contributed by atoms with Crippen molar-refractivity contribution in [2.45, 2.75) is 31.8 Å². The van der Waals surface area contributed by atoms with Crippen molar-refractivity contribution in [3.05, 3.63) is 95.6 Å². The summed E-state index contributed by atoms with van der Waals surface area (Å²) in [6.45, 7) is 8.85. The van der Waals surface area contributed by atoms with E-state index in [1.54, 1.807) is 7.11 Å². The van der Waals surface area contributed by atoms with Gasteiger partial charge in [-0.2, -0.15) is 0 Å². The first-order chi connectivity index (χ1) is 17.5. The second-order valence-corrected chi connectivity index (χ2v) is 9.90. The molecule has 192 valence electrons. The third-order valence-corrected chi connectivity index (χ3v) is 7.03. The Morgan fingerprint density at radius 2 is 1.58 bits per heavy atom. The summed E-state index contributed by atoms with van der Waals surface area (Å²) in [4.78, 5) is 2.38. The fraction of sp³-hybridized carbons (Fsp3) is 0.419. The van der Waals surface area contributed by atoms with Gasteiger partial charge in [-0.25, -0.2) is 0 Å². The number of hydrogen-bond acceptors (Lipinski definition) is 5. The Morgan fingerprint density at radius 1 is 0.917 bits per heavy atom. The lowest BCUT2D eigenvalue weighted by Gasteiger charge is -2.41. The van der Waals surface area contributed by atoms with Crippen LogP contribution >= 0.6 is 0 Å². The molecule has 1 saturated heterocycles. The normalized spacial score (nSPS) is 16.9. The van der Waals surface area contributed by atoms with Crippen molar-refractivity contribution in [3.63, 3.8) is 0 Å². The Hall–Kier alpha value is -2.86. The molecule has 1 N–H and O–H groups in total. The van der Waals surface area contributed by atoms with Crippen LogP contribution in [0.3, 0.4) is 0 Å². The minimum atomic E-state index is -1.33. The largest absolute Gasteiger partial charge is 0.496 e. The fourth-order valence-electron chi connectivity index (χ4n) is 4.93. The molecule has 1 aliphatic heterocycles. The third-order valence-electron chi connectivity index (χ3n) is 7.03. The SMILES string of the molecule is COc1ccccc1[C@@](O)(c1ccc(OCCC(C)C)cc1)[C@H](CN1CCOCC1)c1ccccc1. The van der Waals surface area contributed by atoms with Crippen LogP contribution in [0.1, 0.15) is 42.9 Å². The molecular formula is C31H39NO4. The Bertz CT molecular complexity index is 1060. The molecule has 3 aromatic carbocycles. The van der Waals surface area contributed by atoms with Gasteiger partial charge in [0.15, 0.2) is 0 Å². The van der Waals surface area contributed by atoms with Gasteiger partial charge in [-0.05, 0) is 41.7 Å². The highest BCUT2D eigenvalue weighted by atomic mass is 16.5. The second kappa shape index (κ2) is 12.4. The maximum atomic E-state index is 12.9. The van der Waals surface area contributed by atoms with Crippen molar-refractivity contribution in [1.29, 1.82) is 0 Å². The van der Waals surface area contributed by atoms with Crippen molar-refractivity contribution < 1.29 is 19.3 Å². The van der Waals surface area contributed by atoms with Crippen LogP contribution in [-0.4, -0.2) is 56.6 Å². The lowest BCUT2D eigenvalue weighted by molar-refractivity contribution is -0.000154. The molecule has 0 amide bonds. The summed E-state index contributed by atoms with van der Waals surface area (Å²) in [6, 6.07) is 26.0. The molecule has 36 heavy (non-hydrogen) atoms. The van der Waals surface area contributed by atoms with Gasteiger partial charge in [-0.1, -0.05) is 74.5 Å². The Balaban J connectivity index is 1.78. The van der Waals surface area contributed by atoms with Crippen molar-refractivity contribution in [2.24, 2.45) is 5.92 Å². The fourth-order valence-corrected chi connectivity index (χ4v) is 4.93. The molecule has 0 aliphatic carbocycles. The van der Waals surface area contributed by atoms with Crippen LogP contribution in [0.4, 0.5) is 0 Å². The smallest absolute Gasteiger partial charge is 0.126 e. The highest BCUT2D eigenvalue weighted by Gasteiger charge is 2.44. The van der Waals surface area contributed by atoms with Gasteiger partial charge in [0.1, 0.15) is 17.1 Å². The van der Waals surface area contributed by atoms with E-state index in [2.05, 4.69) is 30.9 Å². The van der Waals surface area contributed by atoms with E-state index in [0.717, 1.165) is 42.0 Å². The van der Waals surface area contributed by atoms with E-state index in [0.29, 0.717) is 38.0 Å². The van der Waals surface area contributed by atoms with Gasteiger partial charge in [0.25, 0.3) is 0 Å². The summed E-state index contributed by atoms with van der Waals surface area (Å²) in [5, 5.41) is 12.9. The minimum Gasteiger partial charge on any atom is -0.496 e. The topological polar surface area (TPSA) is 51.2 Å². The predicted octanol–water partition coefficient (Wildman–Crippen LogP) is 5.47. The van der Waals surface area contributed by atoms with Crippen LogP contribution in [0.25, 0.3) is 0 Å². The molecule has 3 aromatic rings. The number of hydrogen-bond donors (Lipinski definition) is 1. The Kier molecular flexibility index (Phi) is 9.03. The molecular weight excluding hydrogens is 450 g/mol. The molecule has 4 rings (SSSR count). The van der Waals surface area contributed by atoms with Gasteiger partial charge in [-0.15, -0.1) is 0 Å². The minimum absolute atomic E-state index is 0.235. The van der Waals surface area contributed by atoms with E-state index in [4.69, 9.17) is 14.2 Å². The van der Waals surface area contributed by atoms with Crippen LogP contribution in [-0.2, 0) is 10.3 Å². The highest BCUT2D eigenvalue weighted by molar-refractivity contribution is 5.49. The first-order valence-electron chi connectivity index (χ1n) is 13.0. The van der Waals surface area contributed by atoms with Crippen LogP contribution in [0.2, 0.25) is 0 Å². The quantitative estimate of drug-likeness (QED) is 0.387. The summed E-state index contributed by atoms with van der Waals surface area (Å²) in [5.74, 6) is 1.83. The average molecular weight is 490 g/mol. The molecule has 0 aromatic heterocycles. The number of para-hydroxylation sites is 1. The highest BCUT2D eigenvalue weighted by Crippen LogP contribution is 2.46. The molecule has 0 unspecified atom stereocenters. The number of methoxy groups -OCH3 is 1. The first kappa shape index (κ1) is 26.2. The molecule has 0 radical (unpaired) electrons. The molecule has 1 aliphatic rings.